The Bertz CT molecular complexity index is 540. The number of amides is 1. The zero-order valence-corrected chi connectivity index (χ0v) is 11.2. The van der Waals surface area contributed by atoms with Gasteiger partial charge in [0.2, 0.25) is 5.91 Å². The van der Waals surface area contributed by atoms with Crippen molar-refractivity contribution in [2.45, 2.75) is 26.7 Å². The van der Waals surface area contributed by atoms with E-state index in [2.05, 4.69) is 33.2 Å². The number of fused-ring (bicyclic) bond motifs is 2. The molecule has 1 heterocycles. The van der Waals surface area contributed by atoms with Crippen LogP contribution < -0.4 is 10.9 Å². The maximum absolute atomic E-state index is 12.1. The molecule has 1 aromatic heterocycles. The van der Waals surface area contributed by atoms with Gasteiger partial charge in [-0.05, 0) is 50.2 Å². The number of hydrogen-bond donors (Lipinski definition) is 2. The monoisotopic (exact) mass is 258 g/mol. The number of nitrogens with zero attached hydrogens (tertiary/aromatic N) is 2. The van der Waals surface area contributed by atoms with E-state index in [1.54, 1.807) is 0 Å². The smallest absolute Gasteiger partial charge is 0.242 e. The SMILES string of the molecule is Cc1cc(NNC(=O)[C@@H]2C[C@H]3C=C[C@@H]2C3)nnc1C. The van der Waals surface area contributed by atoms with Crippen molar-refractivity contribution < 1.29 is 4.79 Å². The zero-order chi connectivity index (χ0) is 13.4. The Kier molecular flexibility index (Phi) is 2.97. The first-order valence-corrected chi connectivity index (χ1v) is 6.68. The van der Waals surface area contributed by atoms with Crippen LogP contribution in [0.4, 0.5) is 5.82 Å². The minimum Gasteiger partial charge on any atom is -0.280 e. The minimum atomic E-state index is 0.0527. The first kappa shape index (κ1) is 12.1. The summed E-state index contributed by atoms with van der Waals surface area (Å²) < 4.78 is 0. The molecular formula is C14H18N4O. The van der Waals surface area contributed by atoms with Gasteiger partial charge in [0.15, 0.2) is 5.82 Å². The lowest BCUT2D eigenvalue weighted by Gasteiger charge is -2.18. The van der Waals surface area contributed by atoms with E-state index in [0.717, 1.165) is 24.1 Å². The molecule has 0 aromatic carbocycles. The van der Waals surface area contributed by atoms with Crippen molar-refractivity contribution in [3.05, 3.63) is 29.5 Å². The lowest BCUT2D eigenvalue weighted by Crippen LogP contribution is -2.37. The summed E-state index contributed by atoms with van der Waals surface area (Å²) >= 11 is 0. The lowest BCUT2D eigenvalue weighted by molar-refractivity contribution is -0.125. The predicted octanol–water partition coefficient (Wildman–Crippen LogP) is 1.75. The third-order valence-electron chi connectivity index (χ3n) is 4.16. The normalized spacial score (nSPS) is 27.6. The van der Waals surface area contributed by atoms with Crippen LogP contribution in [0.1, 0.15) is 24.1 Å². The molecule has 2 aliphatic rings. The van der Waals surface area contributed by atoms with Gasteiger partial charge in [0, 0.05) is 5.92 Å². The van der Waals surface area contributed by atoms with Gasteiger partial charge in [-0.25, -0.2) is 0 Å². The Labute approximate surface area is 112 Å². The predicted molar refractivity (Wildman–Crippen MR) is 72.1 cm³/mol. The molecule has 5 nitrogen and oxygen atoms in total. The van der Waals surface area contributed by atoms with Crippen molar-refractivity contribution in [2.75, 3.05) is 5.43 Å². The molecule has 0 saturated heterocycles. The summed E-state index contributed by atoms with van der Waals surface area (Å²) in [5.41, 5.74) is 7.55. The largest absolute Gasteiger partial charge is 0.280 e. The molecule has 1 aromatic rings. The van der Waals surface area contributed by atoms with Gasteiger partial charge in [0.05, 0.1) is 5.69 Å². The summed E-state index contributed by atoms with van der Waals surface area (Å²) in [5, 5.41) is 8.01. The molecule has 5 heteroatoms. The van der Waals surface area contributed by atoms with E-state index in [1.807, 2.05) is 19.9 Å². The zero-order valence-electron chi connectivity index (χ0n) is 11.2. The summed E-state index contributed by atoms with van der Waals surface area (Å²) in [6.45, 7) is 3.88. The van der Waals surface area contributed by atoms with E-state index in [1.165, 1.54) is 0 Å². The number of aromatic nitrogens is 2. The van der Waals surface area contributed by atoms with Gasteiger partial charge in [0.1, 0.15) is 0 Å². The quantitative estimate of drug-likeness (QED) is 0.640. The molecule has 19 heavy (non-hydrogen) atoms. The van der Waals surface area contributed by atoms with Crippen molar-refractivity contribution in [2.24, 2.45) is 17.8 Å². The molecular weight excluding hydrogens is 240 g/mol. The molecule has 0 radical (unpaired) electrons. The molecule has 2 N–H and O–H groups in total. The molecule has 100 valence electrons. The van der Waals surface area contributed by atoms with E-state index < -0.39 is 0 Å². The fraction of sp³-hybridized carbons (Fsp3) is 0.500. The van der Waals surface area contributed by atoms with Crippen LogP contribution in [0, 0.1) is 31.6 Å². The standard InChI is InChI=1S/C14H18N4O/c1-8-5-13(16-15-9(8)2)17-18-14(19)12-7-10-3-4-11(12)6-10/h3-5,10-12H,6-7H2,1-2H3,(H,16,17)(H,18,19)/t10-,11+,12+/m0/s1. The Morgan fingerprint density at radius 3 is 2.74 bits per heavy atom. The summed E-state index contributed by atoms with van der Waals surface area (Å²) in [7, 11) is 0. The maximum Gasteiger partial charge on any atom is 0.242 e. The Morgan fingerprint density at radius 1 is 1.26 bits per heavy atom. The van der Waals surface area contributed by atoms with Crippen molar-refractivity contribution >= 4 is 11.7 Å². The summed E-state index contributed by atoms with van der Waals surface area (Å²) in [6, 6.07) is 1.88. The number of carbonyl (C=O) groups excluding carboxylic acids is 1. The third kappa shape index (κ3) is 2.32. The molecule has 2 aliphatic carbocycles. The van der Waals surface area contributed by atoms with Crippen LogP contribution >= 0.6 is 0 Å². The number of rotatable bonds is 3. The highest BCUT2D eigenvalue weighted by atomic mass is 16.2. The van der Waals surface area contributed by atoms with Crippen molar-refractivity contribution in [1.82, 2.24) is 15.6 Å². The van der Waals surface area contributed by atoms with Gasteiger partial charge in [-0.3, -0.25) is 15.6 Å². The number of anilines is 1. The number of allylic oxidation sites excluding steroid dienone is 2. The highest BCUT2D eigenvalue weighted by Gasteiger charge is 2.39. The van der Waals surface area contributed by atoms with Crippen molar-refractivity contribution in [3.8, 4) is 0 Å². The molecule has 1 fully saturated rings. The molecule has 1 saturated carbocycles. The van der Waals surface area contributed by atoms with Crippen LogP contribution in [0.5, 0.6) is 0 Å². The second-order valence-corrected chi connectivity index (χ2v) is 5.50. The molecule has 1 amide bonds. The van der Waals surface area contributed by atoms with Gasteiger partial charge < -0.3 is 0 Å². The van der Waals surface area contributed by atoms with E-state index >= 15 is 0 Å². The van der Waals surface area contributed by atoms with Gasteiger partial charge in [-0.15, -0.1) is 5.10 Å². The fourth-order valence-electron chi connectivity index (χ4n) is 2.91. The Morgan fingerprint density at radius 2 is 2.11 bits per heavy atom. The van der Waals surface area contributed by atoms with E-state index in [-0.39, 0.29) is 11.8 Å². The van der Waals surface area contributed by atoms with Crippen LogP contribution in [0.25, 0.3) is 0 Å². The van der Waals surface area contributed by atoms with Crippen LogP contribution in [-0.2, 0) is 4.79 Å². The fourth-order valence-corrected chi connectivity index (χ4v) is 2.91. The summed E-state index contributed by atoms with van der Waals surface area (Å²) in [5.74, 6) is 1.74. The lowest BCUT2D eigenvalue weighted by atomic mass is 9.93. The molecule has 3 atom stereocenters. The maximum atomic E-state index is 12.1. The number of aryl methyl sites for hydroxylation is 2. The van der Waals surface area contributed by atoms with E-state index in [9.17, 15) is 4.79 Å². The van der Waals surface area contributed by atoms with Crippen LogP contribution in [0.2, 0.25) is 0 Å². The highest BCUT2D eigenvalue weighted by Crippen LogP contribution is 2.43. The number of carbonyl (C=O) groups is 1. The van der Waals surface area contributed by atoms with Gasteiger partial charge in [-0.1, -0.05) is 12.2 Å². The topological polar surface area (TPSA) is 66.9 Å². The Balaban J connectivity index is 1.58. The second kappa shape index (κ2) is 4.64. The molecule has 3 rings (SSSR count). The second-order valence-electron chi connectivity index (χ2n) is 5.50. The summed E-state index contributed by atoms with van der Waals surface area (Å²) in [6.07, 6.45) is 6.50. The van der Waals surface area contributed by atoms with E-state index in [4.69, 9.17) is 0 Å². The average molecular weight is 258 g/mol. The molecule has 0 aliphatic heterocycles. The van der Waals surface area contributed by atoms with Crippen molar-refractivity contribution in [3.63, 3.8) is 0 Å². The molecule has 0 unspecified atom stereocenters. The number of nitrogens with one attached hydrogen (secondary N) is 2. The van der Waals surface area contributed by atoms with Gasteiger partial charge in [0.25, 0.3) is 0 Å². The first-order valence-electron chi connectivity index (χ1n) is 6.68. The number of hydrogen-bond acceptors (Lipinski definition) is 4. The highest BCUT2D eigenvalue weighted by molar-refractivity contribution is 5.81. The van der Waals surface area contributed by atoms with Crippen LogP contribution in [-0.4, -0.2) is 16.1 Å². The summed E-state index contributed by atoms with van der Waals surface area (Å²) in [4.78, 5) is 12.1. The minimum absolute atomic E-state index is 0.0527. The van der Waals surface area contributed by atoms with Crippen LogP contribution in [0.3, 0.4) is 0 Å². The average Bonchev–Trinajstić information content (AvgIpc) is 3.02. The molecule has 2 bridgehead atoms. The van der Waals surface area contributed by atoms with Crippen molar-refractivity contribution in [1.29, 1.82) is 0 Å². The van der Waals surface area contributed by atoms with Crippen LogP contribution in [0.15, 0.2) is 18.2 Å². The number of hydrazine groups is 1. The Hall–Kier alpha value is -1.91. The third-order valence-corrected chi connectivity index (χ3v) is 4.16. The van der Waals surface area contributed by atoms with E-state index in [0.29, 0.717) is 17.7 Å². The van der Waals surface area contributed by atoms with Gasteiger partial charge >= 0.3 is 0 Å². The first-order chi connectivity index (χ1) is 9.13. The van der Waals surface area contributed by atoms with Gasteiger partial charge in [-0.2, -0.15) is 5.10 Å². The molecule has 0 spiro atoms.